The number of allylic oxidation sites excluding steroid dienone is 1. The maximum atomic E-state index is 12.8. The molecule has 0 fully saturated rings. The average molecular weight is 509 g/mol. The molecule has 182 valence electrons. The van der Waals surface area contributed by atoms with E-state index in [0.29, 0.717) is 22.7 Å². The van der Waals surface area contributed by atoms with E-state index in [9.17, 15) is 18.5 Å². The van der Waals surface area contributed by atoms with Crippen LogP contribution in [0.25, 0.3) is 0 Å². The lowest BCUT2D eigenvalue weighted by atomic mass is 10.00. The van der Waals surface area contributed by atoms with Gasteiger partial charge in [-0.25, -0.2) is 13.6 Å². The Morgan fingerprint density at radius 1 is 1.17 bits per heavy atom. The summed E-state index contributed by atoms with van der Waals surface area (Å²) in [7, 11) is -4.41. The number of amides is 1. The Morgan fingerprint density at radius 2 is 1.83 bits per heavy atom. The van der Waals surface area contributed by atoms with Crippen LogP contribution < -0.4 is 10.5 Å². The second-order valence-electron chi connectivity index (χ2n) is 8.98. The Hall–Kier alpha value is -3.03. The van der Waals surface area contributed by atoms with Gasteiger partial charge < -0.3 is 5.32 Å². The van der Waals surface area contributed by atoms with Gasteiger partial charge in [0.25, 0.3) is 0 Å². The molecular weight excluding hydrogens is 480 g/mol. The van der Waals surface area contributed by atoms with Crippen molar-refractivity contribution in [2.45, 2.75) is 38.1 Å². The summed E-state index contributed by atoms with van der Waals surface area (Å²) in [6, 6.07) is 14.7. The van der Waals surface area contributed by atoms with Crippen molar-refractivity contribution < 1.29 is 13.2 Å². The Morgan fingerprint density at radius 3 is 2.43 bits per heavy atom. The summed E-state index contributed by atoms with van der Waals surface area (Å²) in [6.45, 7) is 6.59. The summed E-state index contributed by atoms with van der Waals surface area (Å²) in [6.07, 6.45) is 0.796. The van der Waals surface area contributed by atoms with Crippen LogP contribution in [0.15, 0.2) is 68.4 Å². The SMILES string of the molecule is C=S1C2=C(CCN(Cc3cc(C)cc(C)c3)C2)C(C#N)=C1NC(=O)Cc1ccc(S(N)(=O)=O)cc1. The van der Waals surface area contributed by atoms with Crippen molar-refractivity contribution in [3.63, 3.8) is 0 Å². The van der Waals surface area contributed by atoms with Crippen LogP contribution in [-0.4, -0.2) is 38.2 Å². The highest BCUT2D eigenvalue weighted by Crippen LogP contribution is 2.47. The van der Waals surface area contributed by atoms with Crippen molar-refractivity contribution in [2.75, 3.05) is 13.1 Å². The number of nitrogens with two attached hydrogens (primary N) is 1. The van der Waals surface area contributed by atoms with Gasteiger partial charge in [-0.05, 0) is 49.1 Å². The molecule has 3 N–H and O–H groups in total. The normalized spacial score (nSPS) is 18.4. The van der Waals surface area contributed by atoms with E-state index in [4.69, 9.17) is 5.14 Å². The number of nitriles is 1. The number of carbonyl (C=O) groups excluding carboxylic acids is 1. The number of hydrogen-bond acceptors (Lipinski definition) is 5. The molecule has 0 bridgehead atoms. The monoisotopic (exact) mass is 508 g/mol. The molecule has 4 rings (SSSR count). The molecule has 1 atom stereocenters. The molecule has 2 aliphatic heterocycles. The highest BCUT2D eigenvalue weighted by atomic mass is 32.2. The Bertz CT molecular complexity index is 1410. The molecule has 2 aromatic rings. The largest absolute Gasteiger partial charge is 0.319 e. The van der Waals surface area contributed by atoms with E-state index >= 15 is 0 Å². The first kappa shape index (κ1) is 25.1. The molecule has 2 aromatic carbocycles. The third-order valence-electron chi connectivity index (χ3n) is 6.12. The number of rotatable bonds is 6. The highest BCUT2D eigenvalue weighted by Gasteiger charge is 2.32. The minimum Gasteiger partial charge on any atom is -0.319 e. The van der Waals surface area contributed by atoms with Crippen molar-refractivity contribution >= 4 is 32.3 Å². The van der Waals surface area contributed by atoms with Crippen LogP contribution in [0.3, 0.4) is 0 Å². The van der Waals surface area contributed by atoms with Gasteiger partial charge in [-0.2, -0.15) is 5.26 Å². The Balaban J connectivity index is 1.45. The highest BCUT2D eigenvalue weighted by molar-refractivity contribution is 8.21. The summed E-state index contributed by atoms with van der Waals surface area (Å²) in [5.41, 5.74) is 5.94. The van der Waals surface area contributed by atoms with Crippen LogP contribution in [0.1, 0.15) is 28.7 Å². The molecule has 7 nitrogen and oxygen atoms in total. The predicted octanol–water partition coefficient (Wildman–Crippen LogP) is 3.22. The smallest absolute Gasteiger partial charge is 0.238 e. The van der Waals surface area contributed by atoms with Gasteiger partial charge in [0, 0.05) is 24.5 Å². The molecule has 9 heteroatoms. The van der Waals surface area contributed by atoms with Crippen LogP contribution >= 0.6 is 10.5 Å². The van der Waals surface area contributed by atoms with Crippen LogP contribution in [0, 0.1) is 25.2 Å². The summed E-state index contributed by atoms with van der Waals surface area (Å²) in [5.74, 6) is 4.03. The maximum Gasteiger partial charge on any atom is 0.238 e. The summed E-state index contributed by atoms with van der Waals surface area (Å²) in [4.78, 5) is 16.3. The zero-order valence-electron chi connectivity index (χ0n) is 19.8. The third-order valence-corrected chi connectivity index (χ3v) is 8.82. The lowest BCUT2D eigenvalue weighted by molar-refractivity contribution is -0.119. The van der Waals surface area contributed by atoms with Gasteiger partial charge in [0.15, 0.2) is 0 Å². The number of nitrogens with one attached hydrogen (secondary N) is 1. The standard InChI is InChI=1S/C26H28N4O3S2/c1-17-10-18(2)12-20(11-17)15-30-9-8-22-23(14-27)26(34(3)24(22)16-30)29-25(31)13-19-4-6-21(7-5-19)35(28,32)33/h4-7,10-12H,3,8-9,13,15-16H2,1-2H3,(H,29,31)(H2,28,32,33). The zero-order chi connectivity index (χ0) is 25.3. The van der Waals surface area contributed by atoms with Crippen LogP contribution in [-0.2, 0) is 27.8 Å². The second-order valence-corrected chi connectivity index (χ2v) is 12.2. The molecule has 0 saturated heterocycles. The lowest BCUT2D eigenvalue weighted by Gasteiger charge is -2.29. The molecule has 0 spiro atoms. The van der Waals surface area contributed by atoms with Gasteiger partial charge in [-0.1, -0.05) is 47.3 Å². The van der Waals surface area contributed by atoms with E-state index in [2.05, 4.69) is 54.2 Å². The van der Waals surface area contributed by atoms with Crippen molar-refractivity contribution in [1.29, 1.82) is 5.26 Å². The number of nitrogens with zero attached hydrogens (tertiary/aromatic N) is 2. The van der Waals surface area contributed by atoms with Gasteiger partial charge in [-0.15, -0.1) is 10.5 Å². The van der Waals surface area contributed by atoms with Gasteiger partial charge in [0.2, 0.25) is 15.9 Å². The molecule has 1 unspecified atom stereocenters. The van der Waals surface area contributed by atoms with Crippen LogP contribution in [0.5, 0.6) is 0 Å². The molecule has 35 heavy (non-hydrogen) atoms. The minimum atomic E-state index is -3.79. The second kappa shape index (κ2) is 9.91. The summed E-state index contributed by atoms with van der Waals surface area (Å²) < 4.78 is 22.9. The van der Waals surface area contributed by atoms with E-state index < -0.39 is 20.5 Å². The molecule has 0 radical (unpaired) electrons. The first-order chi connectivity index (χ1) is 16.5. The zero-order valence-corrected chi connectivity index (χ0v) is 21.4. The first-order valence-corrected chi connectivity index (χ1v) is 14.1. The van der Waals surface area contributed by atoms with Gasteiger partial charge in [0.1, 0.15) is 6.07 Å². The van der Waals surface area contributed by atoms with Crippen LogP contribution in [0.2, 0.25) is 0 Å². The fourth-order valence-corrected chi connectivity index (χ4v) is 6.86. The van der Waals surface area contributed by atoms with Gasteiger partial charge in [-0.3, -0.25) is 9.69 Å². The minimum absolute atomic E-state index is 0.00603. The van der Waals surface area contributed by atoms with Crippen molar-refractivity contribution in [2.24, 2.45) is 5.14 Å². The quantitative estimate of drug-likeness (QED) is 0.581. The molecule has 0 saturated carbocycles. The molecule has 1 amide bonds. The number of benzene rings is 2. The molecule has 0 aromatic heterocycles. The topological polar surface area (TPSA) is 116 Å². The van der Waals surface area contributed by atoms with E-state index in [1.807, 2.05) is 0 Å². The van der Waals surface area contributed by atoms with Gasteiger partial charge in [0.05, 0.1) is 21.9 Å². The summed E-state index contributed by atoms with van der Waals surface area (Å²) >= 11 is 0. The number of carbonyl (C=O) groups is 1. The van der Waals surface area contributed by atoms with E-state index in [0.717, 1.165) is 30.0 Å². The number of aryl methyl sites for hydroxylation is 2. The van der Waals surface area contributed by atoms with E-state index in [1.54, 1.807) is 12.1 Å². The number of hydrogen-bond donors (Lipinski definition) is 2. The van der Waals surface area contributed by atoms with Crippen molar-refractivity contribution in [3.05, 3.63) is 85.8 Å². The Labute approximate surface area is 208 Å². The number of sulfonamides is 1. The van der Waals surface area contributed by atoms with Crippen molar-refractivity contribution in [3.8, 4) is 6.07 Å². The first-order valence-electron chi connectivity index (χ1n) is 11.2. The fraction of sp³-hybridized carbons (Fsp3) is 0.269. The molecule has 0 aliphatic carbocycles. The van der Waals surface area contributed by atoms with Crippen molar-refractivity contribution in [1.82, 2.24) is 10.2 Å². The predicted molar refractivity (Wildman–Crippen MR) is 140 cm³/mol. The number of primary sulfonamides is 1. The molecular formula is C26H28N4O3S2. The Kier molecular flexibility index (Phi) is 7.10. The summed E-state index contributed by atoms with van der Waals surface area (Å²) in [5, 5.41) is 18.5. The maximum absolute atomic E-state index is 12.8. The van der Waals surface area contributed by atoms with E-state index in [1.165, 1.54) is 28.8 Å². The van der Waals surface area contributed by atoms with Crippen LogP contribution in [0.4, 0.5) is 0 Å². The lowest BCUT2D eigenvalue weighted by Crippen LogP contribution is -2.30. The average Bonchev–Trinajstić information content (AvgIpc) is 3.03. The fourth-order valence-electron chi connectivity index (χ4n) is 4.61. The van der Waals surface area contributed by atoms with Gasteiger partial charge >= 0.3 is 0 Å². The van der Waals surface area contributed by atoms with E-state index in [-0.39, 0.29) is 17.2 Å². The molecule has 2 aliphatic rings. The molecule has 2 heterocycles. The third kappa shape index (κ3) is 5.63.